The summed E-state index contributed by atoms with van der Waals surface area (Å²) < 4.78 is 5.49. The van der Waals surface area contributed by atoms with Gasteiger partial charge in [-0.15, -0.1) is 0 Å². The Balaban J connectivity index is 2.22. The highest BCUT2D eigenvalue weighted by Crippen LogP contribution is 2.19. The maximum absolute atomic E-state index is 12.4. The third-order valence-electron chi connectivity index (χ3n) is 3.37. The summed E-state index contributed by atoms with van der Waals surface area (Å²) in [6, 6.07) is 3.07. The van der Waals surface area contributed by atoms with Crippen molar-refractivity contribution in [2.24, 2.45) is 5.92 Å². The Hall–Kier alpha value is -1.78. The summed E-state index contributed by atoms with van der Waals surface area (Å²) in [4.78, 5) is 26.0. The molecule has 1 aromatic heterocycles. The van der Waals surface area contributed by atoms with Gasteiger partial charge in [0.1, 0.15) is 11.8 Å². The largest absolute Gasteiger partial charge is 0.456 e. The van der Waals surface area contributed by atoms with Gasteiger partial charge in [0.05, 0.1) is 0 Å². The molecule has 1 aromatic rings. The molecule has 0 aliphatic carbocycles. The second-order valence-corrected chi connectivity index (χ2v) is 5.10. The Morgan fingerprint density at radius 1 is 1.53 bits per heavy atom. The Kier molecular flexibility index (Phi) is 3.93. The Bertz CT molecular complexity index is 479. The second kappa shape index (κ2) is 5.47. The molecule has 1 saturated heterocycles. The van der Waals surface area contributed by atoms with Gasteiger partial charge < -0.3 is 14.6 Å². The van der Waals surface area contributed by atoms with Crippen LogP contribution < -0.4 is 5.32 Å². The number of aryl methyl sites for hydroxylation is 1. The van der Waals surface area contributed by atoms with E-state index in [0.29, 0.717) is 18.8 Å². The van der Waals surface area contributed by atoms with Gasteiger partial charge in [-0.05, 0) is 18.1 Å². The van der Waals surface area contributed by atoms with Gasteiger partial charge in [-0.2, -0.15) is 0 Å². The van der Waals surface area contributed by atoms with Crippen molar-refractivity contribution in [2.75, 3.05) is 13.1 Å². The summed E-state index contributed by atoms with van der Waals surface area (Å²) in [5.41, 5.74) is 0. The number of nitrogens with one attached hydrogen (secondary N) is 1. The molecule has 2 heterocycles. The molecular weight excluding hydrogens is 244 g/mol. The minimum Gasteiger partial charge on any atom is -0.456 e. The van der Waals surface area contributed by atoms with Crippen molar-refractivity contribution in [1.29, 1.82) is 0 Å². The van der Waals surface area contributed by atoms with Gasteiger partial charge in [0.25, 0.3) is 5.91 Å². The highest BCUT2D eigenvalue weighted by molar-refractivity contribution is 5.96. The molecule has 1 aliphatic heterocycles. The highest BCUT2D eigenvalue weighted by atomic mass is 16.4. The van der Waals surface area contributed by atoms with Crippen LogP contribution in [0.1, 0.15) is 37.1 Å². The van der Waals surface area contributed by atoms with Crippen LogP contribution in [0.2, 0.25) is 0 Å². The lowest BCUT2D eigenvalue weighted by atomic mass is 9.99. The number of furan rings is 1. The van der Waals surface area contributed by atoms with Crippen molar-refractivity contribution < 1.29 is 14.0 Å². The smallest absolute Gasteiger partial charge is 0.290 e. The fraction of sp³-hybridized carbons (Fsp3) is 0.571. The van der Waals surface area contributed by atoms with Crippen LogP contribution in [0, 0.1) is 5.92 Å². The van der Waals surface area contributed by atoms with Gasteiger partial charge in [0.2, 0.25) is 5.91 Å². The number of hydrogen-bond donors (Lipinski definition) is 1. The summed E-state index contributed by atoms with van der Waals surface area (Å²) >= 11 is 0. The van der Waals surface area contributed by atoms with Crippen molar-refractivity contribution in [2.45, 2.75) is 33.2 Å². The summed E-state index contributed by atoms with van der Waals surface area (Å²) in [6.45, 7) is 6.87. The predicted molar refractivity (Wildman–Crippen MR) is 70.8 cm³/mol. The second-order valence-electron chi connectivity index (χ2n) is 5.10. The fourth-order valence-corrected chi connectivity index (χ4v) is 2.40. The molecule has 0 saturated carbocycles. The van der Waals surface area contributed by atoms with Crippen molar-refractivity contribution >= 4 is 11.8 Å². The van der Waals surface area contributed by atoms with E-state index in [1.54, 1.807) is 11.0 Å². The quantitative estimate of drug-likeness (QED) is 0.898. The number of carbonyl (C=O) groups is 2. The highest BCUT2D eigenvalue weighted by Gasteiger charge is 2.36. The first-order valence-electron chi connectivity index (χ1n) is 6.72. The van der Waals surface area contributed by atoms with Gasteiger partial charge >= 0.3 is 0 Å². The number of rotatable bonds is 3. The molecule has 5 nitrogen and oxygen atoms in total. The molecule has 5 heteroatoms. The summed E-state index contributed by atoms with van der Waals surface area (Å²) in [5, 5.41) is 2.80. The molecule has 0 aromatic carbocycles. The number of hydrogen-bond acceptors (Lipinski definition) is 3. The maximum atomic E-state index is 12.4. The van der Waals surface area contributed by atoms with E-state index < -0.39 is 6.04 Å². The van der Waals surface area contributed by atoms with Crippen LogP contribution in [-0.2, 0) is 11.2 Å². The summed E-state index contributed by atoms with van der Waals surface area (Å²) in [5.74, 6) is 0.887. The van der Waals surface area contributed by atoms with Gasteiger partial charge in [-0.25, -0.2) is 0 Å². The average Bonchev–Trinajstić information content (AvgIpc) is 2.85. The molecule has 1 aliphatic rings. The number of carbonyl (C=O) groups excluding carboxylic acids is 2. The van der Waals surface area contributed by atoms with Crippen LogP contribution in [0.4, 0.5) is 0 Å². The predicted octanol–water partition coefficient (Wildman–Crippen LogP) is 1.44. The van der Waals surface area contributed by atoms with Crippen molar-refractivity contribution in [3.8, 4) is 0 Å². The Labute approximate surface area is 113 Å². The molecule has 1 atom stereocenters. The van der Waals surface area contributed by atoms with E-state index in [1.165, 1.54) is 0 Å². The van der Waals surface area contributed by atoms with Crippen molar-refractivity contribution in [3.63, 3.8) is 0 Å². The zero-order chi connectivity index (χ0) is 14.0. The molecule has 2 amide bonds. The van der Waals surface area contributed by atoms with Gasteiger partial charge in [-0.3, -0.25) is 9.59 Å². The zero-order valence-corrected chi connectivity index (χ0v) is 11.6. The van der Waals surface area contributed by atoms with Crippen LogP contribution in [0.15, 0.2) is 16.5 Å². The lowest BCUT2D eigenvalue weighted by Crippen LogP contribution is -2.59. The minimum absolute atomic E-state index is 0.0739. The monoisotopic (exact) mass is 264 g/mol. The molecule has 0 unspecified atom stereocenters. The van der Waals surface area contributed by atoms with E-state index in [4.69, 9.17) is 4.42 Å². The third kappa shape index (κ3) is 2.64. The SMILES string of the molecule is CCc1ccc(C(=O)N2CCNC(=O)[C@H]2C(C)C)o1. The fourth-order valence-electron chi connectivity index (χ4n) is 2.40. The van der Waals surface area contributed by atoms with E-state index in [0.717, 1.165) is 12.2 Å². The van der Waals surface area contributed by atoms with Gasteiger partial charge in [0.15, 0.2) is 5.76 Å². The third-order valence-corrected chi connectivity index (χ3v) is 3.37. The molecule has 1 N–H and O–H groups in total. The molecule has 1 fully saturated rings. The van der Waals surface area contributed by atoms with E-state index in [9.17, 15) is 9.59 Å². The van der Waals surface area contributed by atoms with Crippen LogP contribution in [0.25, 0.3) is 0 Å². The van der Waals surface area contributed by atoms with Crippen LogP contribution in [-0.4, -0.2) is 35.8 Å². The lowest BCUT2D eigenvalue weighted by Gasteiger charge is -2.36. The van der Waals surface area contributed by atoms with Crippen LogP contribution in [0.3, 0.4) is 0 Å². The molecule has 0 bridgehead atoms. The number of nitrogens with zero attached hydrogens (tertiary/aromatic N) is 1. The number of piperazine rings is 1. The normalized spacial score (nSPS) is 19.7. The first kappa shape index (κ1) is 13.6. The van der Waals surface area contributed by atoms with Crippen LogP contribution in [0.5, 0.6) is 0 Å². The first-order chi connectivity index (χ1) is 9.04. The molecular formula is C14H20N2O3. The average molecular weight is 264 g/mol. The topological polar surface area (TPSA) is 62.6 Å². The molecule has 19 heavy (non-hydrogen) atoms. The Morgan fingerprint density at radius 3 is 2.84 bits per heavy atom. The van der Waals surface area contributed by atoms with Crippen LogP contribution >= 0.6 is 0 Å². The van der Waals surface area contributed by atoms with Gasteiger partial charge in [-0.1, -0.05) is 20.8 Å². The number of amides is 2. The molecule has 0 spiro atoms. The Morgan fingerprint density at radius 2 is 2.26 bits per heavy atom. The van der Waals surface area contributed by atoms with E-state index in [2.05, 4.69) is 5.32 Å². The van der Waals surface area contributed by atoms with E-state index >= 15 is 0 Å². The first-order valence-corrected chi connectivity index (χ1v) is 6.72. The minimum atomic E-state index is -0.420. The van der Waals surface area contributed by atoms with E-state index in [1.807, 2.05) is 26.8 Å². The van der Waals surface area contributed by atoms with E-state index in [-0.39, 0.29) is 17.7 Å². The van der Waals surface area contributed by atoms with Crippen molar-refractivity contribution in [3.05, 3.63) is 23.7 Å². The molecule has 0 radical (unpaired) electrons. The lowest BCUT2D eigenvalue weighted by molar-refractivity contribution is -0.129. The van der Waals surface area contributed by atoms with Crippen molar-refractivity contribution in [1.82, 2.24) is 10.2 Å². The summed E-state index contributed by atoms with van der Waals surface area (Å²) in [7, 11) is 0. The maximum Gasteiger partial charge on any atom is 0.290 e. The summed E-state index contributed by atoms with van der Waals surface area (Å²) in [6.07, 6.45) is 0.751. The standard InChI is InChI=1S/C14H20N2O3/c1-4-10-5-6-11(19-10)14(18)16-8-7-15-13(17)12(16)9(2)3/h5-6,9,12H,4,7-8H2,1-3H3,(H,15,17)/t12-/m1/s1. The zero-order valence-electron chi connectivity index (χ0n) is 11.6. The molecule has 2 rings (SSSR count). The van der Waals surface area contributed by atoms with Gasteiger partial charge in [0, 0.05) is 19.5 Å². The molecule has 104 valence electrons.